The number of hydrogen-bond acceptors (Lipinski definition) is 5. The van der Waals surface area contributed by atoms with Gasteiger partial charge < -0.3 is 9.47 Å². The van der Waals surface area contributed by atoms with E-state index in [1.54, 1.807) is 0 Å². The number of carbonyl (C=O) groups is 1. The van der Waals surface area contributed by atoms with E-state index in [0.717, 1.165) is 25.1 Å². The van der Waals surface area contributed by atoms with Crippen LogP contribution in [0.4, 0.5) is 0 Å². The average molecular weight is 300 g/mol. The Hall–Kier alpha value is -1.90. The minimum atomic E-state index is -0.417. The molecule has 116 valence electrons. The Morgan fingerprint density at radius 3 is 2.95 bits per heavy atom. The summed E-state index contributed by atoms with van der Waals surface area (Å²) >= 11 is 0. The van der Waals surface area contributed by atoms with Gasteiger partial charge in [0.15, 0.2) is 0 Å². The summed E-state index contributed by atoms with van der Waals surface area (Å²) in [7, 11) is 1.47. The van der Waals surface area contributed by atoms with Crippen molar-refractivity contribution in [3.63, 3.8) is 0 Å². The molecule has 22 heavy (non-hydrogen) atoms. The maximum absolute atomic E-state index is 12.3. The SMILES string of the molecule is COC(=O)[C@@]12CCOC[C@@H]1CN(Cc1ccc(C#N)cc1)C2. The zero-order chi connectivity index (χ0) is 15.6. The van der Waals surface area contributed by atoms with Gasteiger partial charge in [-0.05, 0) is 24.1 Å². The van der Waals surface area contributed by atoms with Gasteiger partial charge >= 0.3 is 5.97 Å². The molecule has 0 unspecified atom stereocenters. The molecule has 5 heteroatoms. The highest BCUT2D eigenvalue weighted by Gasteiger charge is 2.54. The van der Waals surface area contributed by atoms with Crippen LogP contribution in [0.5, 0.6) is 0 Å². The third-order valence-electron chi connectivity index (χ3n) is 4.86. The third-order valence-corrected chi connectivity index (χ3v) is 4.86. The molecule has 0 amide bonds. The van der Waals surface area contributed by atoms with Gasteiger partial charge in [-0.25, -0.2) is 0 Å². The molecule has 2 fully saturated rings. The maximum atomic E-state index is 12.3. The van der Waals surface area contributed by atoms with E-state index in [9.17, 15) is 4.79 Å². The van der Waals surface area contributed by atoms with E-state index in [-0.39, 0.29) is 11.9 Å². The summed E-state index contributed by atoms with van der Waals surface area (Å²) in [4.78, 5) is 14.6. The Morgan fingerprint density at radius 2 is 2.27 bits per heavy atom. The number of nitriles is 1. The predicted octanol–water partition coefficient (Wildman–Crippen LogP) is 1.57. The van der Waals surface area contributed by atoms with Gasteiger partial charge in [-0.2, -0.15) is 5.26 Å². The fraction of sp³-hybridized carbons (Fsp3) is 0.529. The molecule has 0 radical (unpaired) electrons. The first-order chi connectivity index (χ1) is 10.7. The van der Waals surface area contributed by atoms with Crippen molar-refractivity contribution in [3.8, 4) is 6.07 Å². The van der Waals surface area contributed by atoms with E-state index < -0.39 is 5.41 Å². The fourth-order valence-corrected chi connectivity index (χ4v) is 3.65. The van der Waals surface area contributed by atoms with Gasteiger partial charge in [-0.1, -0.05) is 12.1 Å². The van der Waals surface area contributed by atoms with Crippen LogP contribution in [0.2, 0.25) is 0 Å². The molecule has 5 nitrogen and oxygen atoms in total. The minimum Gasteiger partial charge on any atom is -0.469 e. The van der Waals surface area contributed by atoms with Crippen LogP contribution >= 0.6 is 0 Å². The van der Waals surface area contributed by atoms with Crippen LogP contribution in [0.3, 0.4) is 0 Å². The van der Waals surface area contributed by atoms with E-state index in [1.165, 1.54) is 7.11 Å². The predicted molar refractivity (Wildman–Crippen MR) is 79.8 cm³/mol. The van der Waals surface area contributed by atoms with E-state index in [2.05, 4.69) is 11.0 Å². The first kappa shape index (κ1) is 15.0. The van der Waals surface area contributed by atoms with Crippen molar-refractivity contribution in [1.82, 2.24) is 4.90 Å². The summed E-state index contributed by atoms with van der Waals surface area (Å²) in [6.45, 7) is 3.58. The number of esters is 1. The quantitative estimate of drug-likeness (QED) is 0.793. The van der Waals surface area contributed by atoms with Gasteiger partial charge in [-0.15, -0.1) is 0 Å². The molecule has 0 spiro atoms. The molecule has 0 N–H and O–H groups in total. The number of carbonyl (C=O) groups excluding carboxylic acids is 1. The number of nitrogens with zero attached hydrogens (tertiary/aromatic N) is 2. The lowest BCUT2D eigenvalue weighted by Crippen LogP contribution is -2.45. The van der Waals surface area contributed by atoms with Gasteiger partial charge in [0.25, 0.3) is 0 Å². The molecule has 1 aromatic rings. The molecular weight excluding hydrogens is 280 g/mol. The van der Waals surface area contributed by atoms with Crippen molar-refractivity contribution in [2.75, 3.05) is 33.4 Å². The lowest BCUT2D eigenvalue weighted by atomic mass is 9.74. The number of hydrogen-bond donors (Lipinski definition) is 0. The first-order valence-corrected chi connectivity index (χ1v) is 7.55. The smallest absolute Gasteiger partial charge is 0.313 e. The highest BCUT2D eigenvalue weighted by Crippen LogP contribution is 2.43. The van der Waals surface area contributed by atoms with Crippen LogP contribution in [0.25, 0.3) is 0 Å². The Morgan fingerprint density at radius 1 is 1.50 bits per heavy atom. The second-order valence-electron chi connectivity index (χ2n) is 6.15. The summed E-state index contributed by atoms with van der Waals surface area (Å²) in [5.41, 5.74) is 1.40. The van der Waals surface area contributed by atoms with E-state index in [1.807, 2.05) is 24.3 Å². The van der Waals surface area contributed by atoms with Gasteiger partial charge in [0.1, 0.15) is 0 Å². The standard InChI is InChI=1S/C17H20N2O3/c1-21-16(20)17-6-7-22-11-15(17)10-19(12-17)9-14-4-2-13(8-18)3-5-14/h2-5,15H,6-7,9-12H2,1H3/t15-,17+/m0/s1. The number of rotatable bonds is 3. The van der Waals surface area contributed by atoms with Crippen LogP contribution in [0, 0.1) is 22.7 Å². The van der Waals surface area contributed by atoms with E-state index in [0.29, 0.717) is 25.3 Å². The molecular formula is C17H20N2O3. The molecule has 3 rings (SSSR count). The van der Waals surface area contributed by atoms with Crippen LogP contribution in [0.15, 0.2) is 24.3 Å². The molecule has 0 bridgehead atoms. The Kier molecular flexibility index (Phi) is 4.14. The van der Waals surface area contributed by atoms with Crippen LogP contribution in [0.1, 0.15) is 17.5 Å². The highest BCUT2D eigenvalue weighted by molar-refractivity contribution is 5.78. The molecule has 2 heterocycles. The van der Waals surface area contributed by atoms with Crippen molar-refractivity contribution in [2.24, 2.45) is 11.3 Å². The summed E-state index contributed by atoms with van der Waals surface area (Å²) in [5, 5.41) is 8.85. The molecule has 0 aromatic heterocycles. The average Bonchev–Trinajstić information content (AvgIpc) is 2.93. The molecule has 0 saturated carbocycles. The molecule has 1 aromatic carbocycles. The van der Waals surface area contributed by atoms with Gasteiger partial charge in [-0.3, -0.25) is 9.69 Å². The third kappa shape index (κ3) is 2.60. The van der Waals surface area contributed by atoms with Gasteiger partial charge in [0.2, 0.25) is 0 Å². The van der Waals surface area contributed by atoms with Crippen molar-refractivity contribution >= 4 is 5.97 Å². The van der Waals surface area contributed by atoms with Crippen molar-refractivity contribution in [3.05, 3.63) is 35.4 Å². The molecule has 2 atom stereocenters. The zero-order valence-electron chi connectivity index (χ0n) is 12.7. The second kappa shape index (κ2) is 6.07. The molecule has 2 aliphatic heterocycles. The van der Waals surface area contributed by atoms with E-state index in [4.69, 9.17) is 14.7 Å². The highest BCUT2D eigenvalue weighted by atomic mass is 16.5. The van der Waals surface area contributed by atoms with Crippen molar-refractivity contribution in [1.29, 1.82) is 5.26 Å². The molecule has 2 saturated heterocycles. The maximum Gasteiger partial charge on any atom is 0.313 e. The van der Waals surface area contributed by atoms with E-state index >= 15 is 0 Å². The summed E-state index contributed by atoms with van der Waals surface area (Å²) < 4.78 is 10.6. The number of fused-ring (bicyclic) bond motifs is 1. The van der Waals surface area contributed by atoms with Crippen LogP contribution < -0.4 is 0 Å². The van der Waals surface area contributed by atoms with Gasteiger partial charge in [0, 0.05) is 32.2 Å². The molecule has 2 aliphatic rings. The zero-order valence-corrected chi connectivity index (χ0v) is 12.7. The number of ether oxygens (including phenoxy) is 2. The molecule has 0 aliphatic carbocycles. The van der Waals surface area contributed by atoms with Crippen molar-refractivity contribution in [2.45, 2.75) is 13.0 Å². The second-order valence-corrected chi connectivity index (χ2v) is 6.15. The number of likely N-dealkylation sites (tertiary alicyclic amines) is 1. The van der Waals surface area contributed by atoms with Crippen molar-refractivity contribution < 1.29 is 14.3 Å². The van der Waals surface area contributed by atoms with Crippen LogP contribution in [-0.4, -0.2) is 44.3 Å². The van der Waals surface area contributed by atoms with Crippen LogP contribution in [-0.2, 0) is 20.8 Å². The Balaban J connectivity index is 1.74. The summed E-state index contributed by atoms with van der Waals surface area (Å²) in [6.07, 6.45) is 0.730. The Labute approximate surface area is 130 Å². The monoisotopic (exact) mass is 300 g/mol. The fourth-order valence-electron chi connectivity index (χ4n) is 3.65. The topological polar surface area (TPSA) is 62.6 Å². The normalized spacial score (nSPS) is 27.9. The lowest BCUT2D eigenvalue weighted by molar-refractivity contribution is -0.161. The largest absolute Gasteiger partial charge is 0.469 e. The lowest BCUT2D eigenvalue weighted by Gasteiger charge is -2.35. The van der Waals surface area contributed by atoms with Gasteiger partial charge in [0.05, 0.1) is 30.8 Å². The summed E-state index contributed by atoms with van der Waals surface area (Å²) in [6, 6.07) is 9.74. The minimum absolute atomic E-state index is 0.108. The first-order valence-electron chi connectivity index (χ1n) is 7.55. The number of methoxy groups -OCH3 is 1. The summed E-state index contributed by atoms with van der Waals surface area (Å²) in [5.74, 6) is 0.0928. The Bertz CT molecular complexity index is 593. The number of benzene rings is 1.